The lowest BCUT2D eigenvalue weighted by atomic mass is 10.0. The van der Waals surface area contributed by atoms with Crippen LogP contribution in [0.25, 0.3) is 0 Å². The lowest BCUT2D eigenvalue weighted by Gasteiger charge is -2.35. The number of aliphatic hydroxyl groups is 1. The van der Waals surface area contributed by atoms with E-state index in [4.69, 9.17) is 0 Å². The molecule has 1 N–H and O–H groups in total. The smallest absolute Gasteiger partial charge is 0.224 e. The zero-order valence-electron chi connectivity index (χ0n) is 20.7. The Morgan fingerprint density at radius 3 is 1.70 bits per heavy atom. The molecule has 1 heterocycles. The number of amidine groups is 1. The highest BCUT2D eigenvalue weighted by molar-refractivity contribution is 5.88. The fraction of sp³-hybridized carbons (Fsp3) is 0.889. The Balaban J connectivity index is 1.88. The molecule has 30 heavy (non-hydrogen) atoms. The Labute approximate surface area is 188 Å². The number of rotatable bonds is 20. The van der Waals surface area contributed by atoms with Crippen molar-refractivity contribution in [1.29, 1.82) is 0 Å². The van der Waals surface area contributed by atoms with Crippen molar-refractivity contribution in [3.05, 3.63) is 12.2 Å². The van der Waals surface area contributed by atoms with Crippen molar-refractivity contribution in [3.8, 4) is 0 Å². The van der Waals surface area contributed by atoms with Crippen LogP contribution < -0.4 is 0 Å². The summed E-state index contributed by atoms with van der Waals surface area (Å²) in [5.74, 6) is 1.07. The summed E-state index contributed by atoms with van der Waals surface area (Å²) in [6, 6.07) is 0. The number of hydrogen-bond acceptors (Lipinski definition) is 2. The fourth-order valence-electron chi connectivity index (χ4n) is 4.76. The van der Waals surface area contributed by atoms with Gasteiger partial charge in [0.25, 0.3) is 0 Å². The third-order valence-corrected chi connectivity index (χ3v) is 7.00. The molecule has 1 aliphatic heterocycles. The lowest BCUT2D eigenvalue weighted by Crippen LogP contribution is -2.56. The first-order valence-corrected chi connectivity index (χ1v) is 13.4. The van der Waals surface area contributed by atoms with E-state index in [1.807, 2.05) is 6.92 Å². The minimum Gasteiger partial charge on any atom is -0.345 e. The van der Waals surface area contributed by atoms with Crippen LogP contribution in [0.5, 0.6) is 0 Å². The van der Waals surface area contributed by atoms with Crippen molar-refractivity contribution in [2.24, 2.45) is 4.99 Å². The molecular formula is C27H53N2O+. The molecular weight excluding hydrogens is 368 g/mol. The molecule has 1 rings (SSSR count). The summed E-state index contributed by atoms with van der Waals surface area (Å²) >= 11 is 0. The standard InChI is InChI=1S/C27H53N2O/c1-4-6-7-8-9-10-11-12-13-14-15-16-17-18-19-20-21-22-23-27-28-24-25-29(27,5-2)26(3)30/h22-23,26,30H,4-21,24-25H2,1-3H3/q+1/b23-22+. The van der Waals surface area contributed by atoms with Gasteiger partial charge >= 0.3 is 0 Å². The molecule has 176 valence electrons. The molecule has 0 aromatic carbocycles. The number of nitrogens with zero attached hydrogens (tertiary/aromatic N) is 2. The van der Waals surface area contributed by atoms with Crippen molar-refractivity contribution >= 4 is 5.84 Å². The van der Waals surface area contributed by atoms with Crippen LogP contribution in [0, 0.1) is 0 Å². The topological polar surface area (TPSA) is 32.6 Å². The average Bonchev–Trinajstić information content (AvgIpc) is 3.17. The van der Waals surface area contributed by atoms with E-state index >= 15 is 0 Å². The van der Waals surface area contributed by atoms with Gasteiger partial charge in [-0.2, -0.15) is 0 Å². The fourth-order valence-corrected chi connectivity index (χ4v) is 4.76. The Kier molecular flexibility index (Phi) is 16.4. The minimum absolute atomic E-state index is 0.364. The number of unbranched alkanes of at least 4 members (excludes halogenated alkanes) is 16. The number of allylic oxidation sites excluding steroid dienone is 1. The van der Waals surface area contributed by atoms with E-state index in [1.165, 1.54) is 103 Å². The van der Waals surface area contributed by atoms with Crippen molar-refractivity contribution in [2.75, 3.05) is 19.6 Å². The Morgan fingerprint density at radius 1 is 0.800 bits per heavy atom. The first kappa shape index (κ1) is 27.4. The largest absolute Gasteiger partial charge is 0.345 e. The first-order chi connectivity index (χ1) is 14.7. The van der Waals surface area contributed by atoms with E-state index < -0.39 is 0 Å². The third kappa shape index (κ3) is 11.1. The maximum Gasteiger partial charge on any atom is 0.224 e. The quantitative estimate of drug-likeness (QED) is 0.158. The van der Waals surface area contributed by atoms with Gasteiger partial charge in [-0.05, 0) is 19.8 Å². The van der Waals surface area contributed by atoms with Crippen LogP contribution in [0.2, 0.25) is 0 Å². The van der Waals surface area contributed by atoms with Crippen LogP contribution in [0.3, 0.4) is 0 Å². The molecule has 1 aliphatic rings. The second kappa shape index (κ2) is 18.0. The monoisotopic (exact) mass is 421 g/mol. The Hall–Kier alpha value is -0.670. The highest BCUT2D eigenvalue weighted by atomic mass is 16.3. The van der Waals surface area contributed by atoms with Gasteiger partial charge in [0.1, 0.15) is 6.54 Å². The normalized spacial score (nSPS) is 20.2. The van der Waals surface area contributed by atoms with E-state index in [9.17, 15) is 5.11 Å². The second-order valence-corrected chi connectivity index (χ2v) is 9.44. The maximum absolute atomic E-state index is 10.2. The van der Waals surface area contributed by atoms with Gasteiger partial charge in [0.05, 0.1) is 13.1 Å². The molecule has 2 atom stereocenters. The summed E-state index contributed by atoms with van der Waals surface area (Å²) in [7, 11) is 0. The van der Waals surface area contributed by atoms with E-state index in [-0.39, 0.29) is 6.23 Å². The van der Waals surface area contributed by atoms with Crippen LogP contribution in [0.4, 0.5) is 0 Å². The molecule has 3 nitrogen and oxygen atoms in total. The summed E-state index contributed by atoms with van der Waals surface area (Å²) in [5, 5.41) is 10.2. The molecule has 0 saturated carbocycles. The zero-order valence-corrected chi connectivity index (χ0v) is 20.7. The van der Waals surface area contributed by atoms with E-state index in [2.05, 4.69) is 31.0 Å². The van der Waals surface area contributed by atoms with Crippen molar-refractivity contribution < 1.29 is 9.59 Å². The molecule has 2 unspecified atom stereocenters. The summed E-state index contributed by atoms with van der Waals surface area (Å²) in [5.41, 5.74) is 0. The molecule has 0 aliphatic carbocycles. The summed E-state index contributed by atoms with van der Waals surface area (Å²) < 4.78 is 0.634. The van der Waals surface area contributed by atoms with Crippen LogP contribution in [-0.2, 0) is 0 Å². The van der Waals surface area contributed by atoms with Gasteiger partial charge in [0.2, 0.25) is 5.84 Å². The number of likely N-dealkylation sites (N-methyl/N-ethyl adjacent to an activating group) is 1. The molecule has 0 amide bonds. The molecule has 0 aromatic heterocycles. The molecule has 0 spiro atoms. The number of quaternary nitrogens is 1. The second-order valence-electron chi connectivity index (χ2n) is 9.44. The number of hydrogen-bond donors (Lipinski definition) is 1. The highest BCUT2D eigenvalue weighted by Gasteiger charge is 2.39. The molecule has 0 radical (unpaired) electrons. The van der Waals surface area contributed by atoms with Crippen molar-refractivity contribution in [2.45, 2.75) is 136 Å². The van der Waals surface area contributed by atoms with Gasteiger partial charge in [0.15, 0.2) is 6.23 Å². The average molecular weight is 422 g/mol. The van der Waals surface area contributed by atoms with Crippen LogP contribution in [0.15, 0.2) is 17.1 Å². The maximum atomic E-state index is 10.2. The molecule has 0 aromatic rings. The van der Waals surface area contributed by atoms with Gasteiger partial charge in [-0.1, -0.05) is 109 Å². The van der Waals surface area contributed by atoms with Gasteiger partial charge in [0, 0.05) is 13.0 Å². The van der Waals surface area contributed by atoms with E-state index in [0.29, 0.717) is 4.48 Å². The van der Waals surface area contributed by atoms with E-state index in [0.717, 1.165) is 31.9 Å². The van der Waals surface area contributed by atoms with Crippen LogP contribution in [0.1, 0.15) is 130 Å². The number of aliphatic imine (C=N–C) groups is 1. The van der Waals surface area contributed by atoms with Crippen LogP contribution >= 0.6 is 0 Å². The van der Waals surface area contributed by atoms with Gasteiger partial charge < -0.3 is 5.11 Å². The summed E-state index contributed by atoms with van der Waals surface area (Å²) in [6.07, 6.45) is 27.9. The Bertz CT molecular complexity index is 458. The molecule has 0 saturated heterocycles. The SMILES string of the molecule is CCCCCCCCCCCCCCCCCC/C=C/C1=NCC[N+]1(CC)C(C)O. The van der Waals surface area contributed by atoms with Crippen molar-refractivity contribution in [3.63, 3.8) is 0 Å². The molecule has 0 bridgehead atoms. The minimum atomic E-state index is -0.364. The lowest BCUT2D eigenvalue weighted by molar-refractivity contribution is -0.880. The predicted octanol–water partition coefficient (Wildman–Crippen LogP) is 7.78. The third-order valence-electron chi connectivity index (χ3n) is 7.00. The van der Waals surface area contributed by atoms with Gasteiger partial charge in [-0.15, -0.1) is 0 Å². The molecule has 0 fully saturated rings. The van der Waals surface area contributed by atoms with E-state index in [1.54, 1.807) is 0 Å². The van der Waals surface area contributed by atoms with Crippen molar-refractivity contribution in [1.82, 2.24) is 0 Å². The summed E-state index contributed by atoms with van der Waals surface area (Å²) in [6.45, 7) is 9.04. The molecule has 3 heteroatoms. The predicted molar refractivity (Wildman–Crippen MR) is 133 cm³/mol. The number of aliphatic hydroxyl groups excluding tert-OH is 1. The zero-order chi connectivity index (χ0) is 21.9. The Morgan fingerprint density at radius 2 is 1.27 bits per heavy atom. The van der Waals surface area contributed by atoms with Crippen LogP contribution in [-0.4, -0.2) is 41.3 Å². The van der Waals surface area contributed by atoms with Gasteiger partial charge in [-0.25, -0.2) is 9.48 Å². The first-order valence-electron chi connectivity index (χ1n) is 13.4. The highest BCUT2D eigenvalue weighted by Crippen LogP contribution is 2.20. The summed E-state index contributed by atoms with van der Waals surface area (Å²) in [4.78, 5) is 4.64. The van der Waals surface area contributed by atoms with Gasteiger partial charge in [-0.3, -0.25) is 0 Å².